The van der Waals surface area contributed by atoms with E-state index in [1.165, 1.54) is 0 Å². The Balaban J connectivity index is 1.85. The SMILES string of the molecule is Cc1ccc(NC2CCC(C(=O)O)CC2)cn1. The van der Waals surface area contributed by atoms with E-state index in [1.807, 2.05) is 25.3 Å². The third kappa shape index (κ3) is 3.19. The topological polar surface area (TPSA) is 62.2 Å². The van der Waals surface area contributed by atoms with Crippen molar-refractivity contribution < 1.29 is 9.90 Å². The van der Waals surface area contributed by atoms with Gasteiger partial charge in [0.05, 0.1) is 17.8 Å². The maximum Gasteiger partial charge on any atom is 0.306 e. The van der Waals surface area contributed by atoms with Gasteiger partial charge in [0.15, 0.2) is 0 Å². The molecule has 1 aromatic heterocycles. The van der Waals surface area contributed by atoms with Crippen molar-refractivity contribution in [3.8, 4) is 0 Å². The number of hydrogen-bond acceptors (Lipinski definition) is 3. The lowest BCUT2D eigenvalue weighted by Gasteiger charge is -2.27. The molecule has 4 nitrogen and oxygen atoms in total. The van der Waals surface area contributed by atoms with Crippen LogP contribution >= 0.6 is 0 Å². The summed E-state index contributed by atoms with van der Waals surface area (Å²) >= 11 is 0. The fraction of sp³-hybridized carbons (Fsp3) is 0.538. The van der Waals surface area contributed by atoms with Gasteiger partial charge in [-0.15, -0.1) is 0 Å². The summed E-state index contributed by atoms with van der Waals surface area (Å²) in [5.74, 6) is -0.801. The normalized spacial score (nSPS) is 24.3. The Bertz CT molecular complexity index is 381. The molecule has 2 N–H and O–H groups in total. The predicted molar refractivity (Wildman–Crippen MR) is 66.0 cm³/mol. The number of aromatic nitrogens is 1. The van der Waals surface area contributed by atoms with Crippen molar-refractivity contribution in [3.05, 3.63) is 24.0 Å². The Kier molecular flexibility index (Phi) is 3.61. The van der Waals surface area contributed by atoms with E-state index in [0.717, 1.165) is 37.1 Å². The standard InChI is InChI=1S/C13H18N2O2/c1-9-2-5-12(8-14-9)15-11-6-3-10(4-7-11)13(16)17/h2,5,8,10-11,15H,3-4,6-7H2,1H3,(H,16,17). The molecule has 1 aromatic rings. The number of nitrogens with one attached hydrogen (secondary N) is 1. The van der Waals surface area contributed by atoms with Crippen molar-refractivity contribution in [3.63, 3.8) is 0 Å². The van der Waals surface area contributed by atoms with Crippen molar-refractivity contribution >= 4 is 11.7 Å². The van der Waals surface area contributed by atoms with Crippen LogP contribution in [0.3, 0.4) is 0 Å². The van der Waals surface area contributed by atoms with Crippen LogP contribution in [-0.2, 0) is 4.79 Å². The first-order chi connectivity index (χ1) is 8.15. The van der Waals surface area contributed by atoms with Crippen LogP contribution in [0.5, 0.6) is 0 Å². The summed E-state index contributed by atoms with van der Waals surface area (Å²) in [4.78, 5) is 15.1. The van der Waals surface area contributed by atoms with E-state index in [1.54, 1.807) is 0 Å². The second kappa shape index (κ2) is 5.17. The van der Waals surface area contributed by atoms with Crippen LogP contribution < -0.4 is 5.32 Å². The second-order valence-corrected chi connectivity index (χ2v) is 4.72. The molecule has 0 aliphatic heterocycles. The zero-order chi connectivity index (χ0) is 12.3. The molecule has 1 fully saturated rings. The van der Waals surface area contributed by atoms with Crippen LogP contribution in [-0.4, -0.2) is 22.1 Å². The average Bonchev–Trinajstić information content (AvgIpc) is 2.33. The van der Waals surface area contributed by atoms with Crippen molar-refractivity contribution in [2.45, 2.75) is 38.6 Å². The largest absolute Gasteiger partial charge is 0.481 e. The number of carbonyl (C=O) groups is 1. The van der Waals surface area contributed by atoms with Gasteiger partial charge < -0.3 is 10.4 Å². The summed E-state index contributed by atoms with van der Waals surface area (Å²) in [5.41, 5.74) is 2.03. The third-order valence-corrected chi connectivity index (χ3v) is 3.36. The summed E-state index contributed by atoms with van der Waals surface area (Å²) < 4.78 is 0. The highest BCUT2D eigenvalue weighted by Crippen LogP contribution is 2.26. The van der Waals surface area contributed by atoms with Crippen LogP contribution in [0.25, 0.3) is 0 Å². The minimum atomic E-state index is -0.652. The molecule has 0 spiro atoms. The van der Waals surface area contributed by atoms with Crippen molar-refractivity contribution in [1.82, 2.24) is 4.98 Å². The Morgan fingerprint density at radius 3 is 2.59 bits per heavy atom. The molecule has 1 heterocycles. The fourth-order valence-electron chi connectivity index (χ4n) is 2.27. The van der Waals surface area contributed by atoms with Crippen LogP contribution in [0.1, 0.15) is 31.4 Å². The minimum Gasteiger partial charge on any atom is -0.481 e. The molecule has 92 valence electrons. The zero-order valence-electron chi connectivity index (χ0n) is 10.0. The van der Waals surface area contributed by atoms with Gasteiger partial charge in [-0.2, -0.15) is 0 Å². The lowest BCUT2D eigenvalue weighted by atomic mass is 9.86. The first-order valence-electron chi connectivity index (χ1n) is 6.07. The monoisotopic (exact) mass is 234 g/mol. The number of aryl methyl sites for hydroxylation is 1. The Hall–Kier alpha value is -1.58. The maximum atomic E-state index is 10.8. The van der Waals surface area contributed by atoms with E-state index in [-0.39, 0.29) is 5.92 Å². The maximum absolute atomic E-state index is 10.8. The molecular formula is C13H18N2O2. The summed E-state index contributed by atoms with van der Waals surface area (Å²) in [6.45, 7) is 1.96. The molecule has 0 aromatic carbocycles. The predicted octanol–water partition coefficient (Wildman–Crippen LogP) is 2.45. The molecule has 4 heteroatoms. The molecule has 1 aliphatic rings. The number of carboxylic acid groups (broad SMARTS) is 1. The minimum absolute atomic E-state index is 0.149. The van der Waals surface area contributed by atoms with Gasteiger partial charge >= 0.3 is 5.97 Å². The van der Waals surface area contributed by atoms with Crippen molar-refractivity contribution in [2.75, 3.05) is 5.32 Å². The molecule has 0 radical (unpaired) electrons. The molecule has 0 saturated heterocycles. The Morgan fingerprint density at radius 1 is 1.35 bits per heavy atom. The van der Waals surface area contributed by atoms with Gasteiger partial charge in [0.2, 0.25) is 0 Å². The second-order valence-electron chi connectivity index (χ2n) is 4.72. The molecule has 0 atom stereocenters. The molecule has 17 heavy (non-hydrogen) atoms. The number of aliphatic carboxylic acids is 1. The van der Waals surface area contributed by atoms with E-state index in [0.29, 0.717) is 6.04 Å². The van der Waals surface area contributed by atoms with Gasteiger partial charge in [0, 0.05) is 11.7 Å². The number of rotatable bonds is 3. The first kappa shape index (κ1) is 11.9. The molecule has 2 rings (SSSR count). The molecule has 1 aliphatic carbocycles. The van der Waals surface area contributed by atoms with Gasteiger partial charge in [0.1, 0.15) is 0 Å². The Labute approximate surface area is 101 Å². The molecule has 0 bridgehead atoms. The molecule has 0 amide bonds. The van der Waals surface area contributed by atoms with E-state index in [2.05, 4.69) is 10.3 Å². The smallest absolute Gasteiger partial charge is 0.306 e. The first-order valence-corrected chi connectivity index (χ1v) is 6.07. The zero-order valence-corrected chi connectivity index (χ0v) is 10.0. The van der Waals surface area contributed by atoms with Crippen LogP contribution in [0.4, 0.5) is 5.69 Å². The van der Waals surface area contributed by atoms with Gasteiger partial charge in [-0.3, -0.25) is 9.78 Å². The number of anilines is 1. The third-order valence-electron chi connectivity index (χ3n) is 3.36. The van der Waals surface area contributed by atoms with Gasteiger partial charge in [-0.25, -0.2) is 0 Å². The highest BCUT2D eigenvalue weighted by molar-refractivity contribution is 5.70. The molecule has 0 unspecified atom stereocenters. The van der Waals surface area contributed by atoms with E-state index < -0.39 is 5.97 Å². The Morgan fingerprint density at radius 2 is 2.06 bits per heavy atom. The van der Waals surface area contributed by atoms with E-state index in [4.69, 9.17) is 5.11 Å². The van der Waals surface area contributed by atoms with Crippen molar-refractivity contribution in [2.24, 2.45) is 5.92 Å². The van der Waals surface area contributed by atoms with Crippen molar-refractivity contribution in [1.29, 1.82) is 0 Å². The number of hydrogen-bond donors (Lipinski definition) is 2. The highest BCUT2D eigenvalue weighted by atomic mass is 16.4. The van der Waals surface area contributed by atoms with Gasteiger partial charge in [0.25, 0.3) is 0 Å². The van der Waals surface area contributed by atoms with Crippen LogP contribution in [0.2, 0.25) is 0 Å². The van der Waals surface area contributed by atoms with Crippen LogP contribution in [0, 0.1) is 12.8 Å². The van der Waals surface area contributed by atoms with E-state index in [9.17, 15) is 4.79 Å². The lowest BCUT2D eigenvalue weighted by Crippen LogP contribution is -2.29. The summed E-state index contributed by atoms with van der Waals surface area (Å²) in [6.07, 6.45) is 5.22. The summed E-state index contributed by atoms with van der Waals surface area (Å²) in [7, 11) is 0. The van der Waals surface area contributed by atoms with Gasteiger partial charge in [-0.1, -0.05) is 0 Å². The van der Waals surface area contributed by atoms with Gasteiger partial charge in [-0.05, 0) is 44.7 Å². The summed E-state index contributed by atoms with van der Waals surface area (Å²) in [5, 5.41) is 12.3. The molecular weight excluding hydrogens is 216 g/mol. The average molecular weight is 234 g/mol. The number of nitrogens with zero attached hydrogens (tertiary/aromatic N) is 1. The highest BCUT2D eigenvalue weighted by Gasteiger charge is 2.25. The van der Waals surface area contributed by atoms with E-state index >= 15 is 0 Å². The van der Waals surface area contributed by atoms with Crippen LogP contribution in [0.15, 0.2) is 18.3 Å². The number of pyridine rings is 1. The number of carboxylic acids is 1. The quantitative estimate of drug-likeness (QED) is 0.843. The summed E-state index contributed by atoms with van der Waals surface area (Å²) in [6, 6.07) is 4.38. The molecule has 1 saturated carbocycles. The lowest BCUT2D eigenvalue weighted by molar-refractivity contribution is -0.142. The fourth-order valence-corrected chi connectivity index (χ4v) is 2.27.